The topological polar surface area (TPSA) is 25.2 Å². The van der Waals surface area contributed by atoms with Crippen LogP contribution in [0.25, 0.3) is 11.0 Å². The average molecular weight is 273 g/mol. The maximum absolute atomic E-state index is 13.2. The molecule has 1 atom stereocenters. The zero-order chi connectivity index (χ0) is 14.1. The largest absolute Gasteiger partial charge is 0.459 e. The van der Waals surface area contributed by atoms with Gasteiger partial charge in [-0.3, -0.25) is 0 Å². The zero-order valence-corrected chi connectivity index (χ0v) is 10.9. The van der Waals surface area contributed by atoms with Crippen LogP contribution in [-0.4, -0.2) is 7.05 Å². The van der Waals surface area contributed by atoms with Crippen LogP contribution in [-0.2, 0) is 0 Å². The van der Waals surface area contributed by atoms with E-state index in [1.807, 2.05) is 0 Å². The minimum atomic E-state index is -0.298. The number of hydrogen-bond donors (Lipinski definition) is 1. The SMILES string of the molecule is CNC(c1ccc(F)cc1)c1cc2cc(F)ccc2o1. The van der Waals surface area contributed by atoms with Gasteiger partial charge in [0, 0.05) is 5.39 Å². The highest BCUT2D eigenvalue weighted by molar-refractivity contribution is 5.78. The predicted octanol–water partition coefficient (Wildman–Crippen LogP) is 4.02. The highest BCUT2D eigenvalue weighted by Crippen LogP contribution is 2.28. The fourth-order valence-corrected chi connectivity index (χ4v) is 2.31. The Morgan fingerprint density at radius 1 is 0.950 bits per heavy atom. The van der Waals surface area contributed by atoms with Crippen molar-refractivity contribution in [1.29, 1.82) is 0 Å². The molecule has 0 radical (unpaired) electrons. The smallest absolute Gasteiger partial charge is 0.134 e. The van der Waals surface area contributed by atoms with Gasteiger partial charge >= 0.3 is 0 Å². The van der Waals surface area contributed by atoms with E-state index < -0.39 is 0 Å². The van der Waals surface area contributed by atoms with Crippen LogP contribution in [0.1, 0.15) is 17.4 Å². The molecule has 4 heteroatoms. The number of fused-ring (bicyclic) bond motifs is 1. The quantitative estimate of drug-likeness (QED) is 0.779. The van der Waals surface area contributed by atoms with Crippen molar-refractivity contribution < 1.29 is 13.2 Å². The van der Waals surface area contributed by atoms with Crippen molar-refractivity contribution >= 4 is 11.0 Å². The number of halogens is 2. The van der Waals surface area contributed by atoms with Crippen LogP contribution in [0.15, 0.2) is 52.9 Å². The van der Waals surface area contributed by atoms with Gasteiger partial charge in [0.25, 0.3) is 0 Å². The number of benzene rings is 2. The van der Waals surface area contributed by atoms with E-state index in [-0.39, 0.29) is 17.7 Å². The molecule has 3 aromatic rings. The summed E-state index contributed by atoms with van der Waals surface area (Å²) in [6.45, 7) is 0. The molecule has 1 N–H and O–H groups in total. The zero-order valence-electron chi connectivity index (χ0n) is 10.9. The number of furan rings is 1. The van der Waals surface area contributed by atoms with Crippen LogP contribution in [0.3, 0.4) is 0 Å². The molecule has 0 aliphatic carbocycles. The number of nitrogens with one attached hydrogen (secondary N) is 1. The average Bonchev–Trinajstić information content (AvgIpc) is 2.84. The van der Waals surface area contributed by atoms with Gasteiger partial charge < -0.3 is 9.73 Å². The van der Waals surface area contributed by atoms with E-state index in [1.165, 1.54) is 24.3 Å². The molecular formula is C16H13F2NO. The fourth-order valence-electron chi connectivity index (χ4n) is 2.31. The van der Waals surface area contributed by atoms with Crippen molar-refractivity contribution in [3.8, 4) is 0 Å². The van der Waals surface area contributed by atoms with Crippen molar-refractivity contribution in [2.45, 2.75) is 6.04 Å². The van der Waals surface area contributed by atoms with E-state index in [1.54, 1.807) is 31.3 Å². The highest BCUT2D eigenvalue weighted by atomic mass is 19.1. The summed E-state index contributed by atoms with van der Waals surface area (Å²) in [4.78, 5) is 0. The molecule has 0 amide bonds. The normalized spacial score (nSPS) is 12.8. The molecule has 1 heterocycles. The van der Waals surface area contributed by atoms with E-state index >= 15 is 0 Å². The van der Waals surface area contributed by atoms with E-state index in [0.717, 1.165) is 5.56 Å². The summed E-state index contributed by atoms with van der Waals surface area (Å²) in [6, 6.07) is 12.2. The lowest BCUT2D eigenvalue weighted by molar-refractivity contribution is 0.490. The molecule has 3 rings (SSSR count). The Kier molecular flexibility index (Phi) is 3.24. The van der Waals surface area contributed by atoms with E-state index in [2.05, 4.69) is 5.32 Å². The molecule has 1 unspecified atom stereocenters. The Morgan fingerprint density at radius 2 is 1.65 bits per heavy atom. The third-order valence-corrected chi connectivity index (χ3v) is 3.27. The first-order valence-electron chi connectivity index (χ1n) is 6.29. The number of rotatable bonds is 3. The van der Waals surface area contributed by atoms with Gasteiger partial charge in [-0.25, -0.2) is 8.78 Å². The first-order chi connectivity index (χ1) is 9.67. The Morgan fingerprint density at radius 3 is 2.35 bits per heavy atom. The van der Waals surface area contributed by atoms with Gasteiger partial charge in [-0.05, 0) is 49.0 Å². The standard InChI is InChI=1S/C16H13F2NO/c1-19-16(10-2-4-12(17)5-3-10)15-9-11-8-13(18)6-7-14(11)20-15/h2-9,16,19H,1H3. The third-order valence-electron chi connectivity index (χ3n) is 3.27. The van der Waals surface area contributed by atoms with Crippen molar-refractivity contribution in [2.24, 2.45) is 0 Å². The second-order valence-electron chi connectivity index (χ2n) is 4.60. The second-order valence-corrected chi connectivity index (χ2v) is 4.60. The van der Waals surface area contributed by atoms with Gasteiger partial charge in [0.05, 0.1) is 6.04 Å². The molecule has 0 bridgehead atoms. The molecular weight excluding hydrogens is 260 g/mol. The first kappa shape index (κ1) is 12.8. The van der Waals surface area contributed by atoms with Gasteiger partial charge in [0.15, 0.2) is 0 Å². The number of hydrogen-bond acceptors (Lipinski definition) is 2. The Balaban J connectivity index is 2.04. The Hall–Kier alpha value is -2.20. The van der Waals surface area contributed by atoms with E-state index in [9.17, 15) is 8.78 Å². The molecule has 20 heavy (non-hydrogen) atoms. The minimum absolute atomic E-state index is 0.203. The minimum Gasteiger partial charge on any atom is -0.459 e. The monoisotopic (exact) mass is 273 g/mol. The van der Waals surface area contributed by atoms with Gasteiger partial charge in [0.2, 0.25) is 0 Å². The maximum Gasteiger partial charge on any atom is 0.134 e. The molecule has 0 aliphatic heterocycles. The molecule has 0 aliphatic rings. The molecule has 1 aromatic heterocycles. The Bertz CT molecular complexity index is 734. The van der Waals surface area contributed by atoms with Crippen molar-refractivity contribution in [3.05, 3.63) is 71.5 Å². The first-order valence-corrected chi connectivity index (χ1v) is 6.29. The lowest BCUT2D eigenvalue weighted by Gasteiger charge is -2.13. The maximum atomic E-state index is 13.2. The molecule has 2 aromatic carbocycles. The van der Waals surface area contributed by atoms with Crippen LogP contribution < -0.4 is 5.32 Å². The molecule has 0 saturated carbocycles. The lowest BCUT2D eigenvalue weighted by Crippen LogP contribution is -2.16. The van der Waals surface area contributed by atoms with Crippen molar-refractivity contribution in [2.75, 3.05) is 7.05 Å². The molecule has 0 fully saturated rings. The predicted molar refractivity (Wildman–Crippen MR) is 73.5 cm³/mol. The fraction of sp³-hybridized carbons (Fsp3) is 0.125. The van der Waals surface area contributed by atoms with Crippen molar-refractivity contribution in [1.82, 2.24) is 5.32 Å². The third kappa shape index (κ3) is 2.30. The van der Waals surface area contributed by atoms with Crippen molar-refractivity contribution in [3.63, 3.8) is 0 Å². The summed E-state index contributed by atoms with van der Waals surface area (Å²) in [5.41, 5.74) is 1.51. The second kappa shape index (κ2) is 5.06. The van der Waals surface area contributed by atoms with Crippen LogP contribution in [0.5, 0.6) is 0 Å². The summed E-state index contributed by atoms with van der Waals surface area (Å²) in [6.07, 6.45) is 0. The highest BCUT2D eigenvalue weighted by Gasteiger charge is 2.17. The van der Waals surface area contributed by atoms with Gasteiger partial charge in [0.1, 0.15) is 23.0 Å². The molecule has 0 saturated heterocycles. The molecule has 102 valence electrons. The summed E-state index contributed by atoms with van der Waals surface area (Å²) < 4.78 is 31.9. The summed E-state index contributed by atoms with van der Waals surface area (Å²) in [5, 5.41) is 3.83. The summed E-state index contributed by atoms with van der Waals surface area (Å²) in [7, 11) is 1.79. The van der Waals surface area contributed by atoms with E-state index in [0.29, 0.717) is 16.7 Å². The van der Waals surface area contributed by atoms with Gasteiger partial charge in [-0.1, -0.05) is 12.1 Å². The van der Waals surface area contributed by atoms with E-state index in [4.69, 9.17) is 4.42 Å². The Labute approximate surface area is 115 Å². The van der Waals surface area contributed by atoms with Gasteiger partial charge in [-0.15, -0.1) is 0 Å². The van der Waals surface area contributed by atoms with Gasteiger partial charge in [-0.2, -0.15) is 0 Å². The molecule has 2 nitrogen and oxygen atoms in total. The van der Waals surface area contributed by atoms with Crippen LogP contribution in [0.2, 0.25) is 0 Å². The summed E-state index contributed by atoms with van der Waals surface area (Å²) >= 11 is 0. The van der Waals surface area contributed by atoms with Crippen LogP contribution >= 0.6 is 0 Å². The summed E-state index contributed by atoms with van der Waals surface area (Å²) in [5.74, 6) is 0.0858. The lowest BCUT2D eigenvalue weighted by atomic mass is 10.0. The molecule has 0 spiro atoms. The van der Waals surface area contributed by atoms with Crippen LogP contribution in [0.4, 0.5) is 8.78 Å². The van der Waals surface area contributed by atoms with Crippen LogP contribution in [0, 0.1) is 11.6 Å².